The topological polar surface area (TPSA) is 41.6 Å². The molecule has 0 radical (unpaired) electrons. The molecule has 1 unspecified atom stereocenters. The van der Waals surface area contributed by atoms with Crippen molar-refractivity contribution in [3.05, 3.63) is 64.7 Å². The number of benzene rings is 2. The third-order valence-electron chi connectivity index (χ3n) is 4.56. The molecule has 26 heavy (non-hydrogen) atoms. The summed E-state index contributed by atoms with van der Waals surface area (Å²) in [5, 5.41) is 4.25. The summed E-state index contributed by atoms with van der Waals surface area (Å²) in [6, 6.07) is 15.9. The van der Waals surface area contributed by atoms with Crippen LogP contribution in [0.3, 0.4) is 0 Å². The van der Waals surface area contributed by atoms with Gasteiger partial charge in [0.2, 0.25) is 5.91 Å². The minimum absolute atomic E-state index is 0. The summed E-state index contributed by atoms with van der Waals surface area (Å²) < 4.78 is 5.43. The van der Waals surface area contributed by atoms with Crippen molar-refractivity contribution in [3.63, 3.8) is 0 Å². The molecule has 1 aliphatic rings. The average Bonchev–Trinajstić information content (AvgIpc) is 3.04. The van der Waals surface area contributed by atoms with E-state index in [1.54, 1.807) is 7.11 Å². The van der Waals surface area contributed by atoms with Gasteiger partial charge in [-0.05, 0) is 30.2 Å². The molecule has 1 heterocycles. The van der Waals surface area contributed by atoms with Gasteiger partial charge < -0.3 is 15.0 Å². The molecule has 0 saturated carbocycles. The van der Waals surface area contributed by atoms with Crippen molar-refractivity contribution in [3.8, 4) is 5.75 Å². The van der Waals surface area contributed by atoms with Gasteiger partial charge in [0.1, 0.15) is 5.75 Å². The number of carbonyl (C=O) groups excluding carboxylic acids is 1. The van der Waals surface area contributed by atoms with E-state index in [1.165, 1.54) is 5.56 Å². The van der Waals surface area contributed by atoms with Crippen LogP contribution in [0.25, 0.3) is 0 Å². The monoisotopic (exact) mass is 394 g/mol. The van der Waals surface area contributed by atoms with Crippen LogP contribution in [-0.2, 0) is 11.3 Å². The summed E-state index contributed by atoms with van der Waals surface area (Å²) in [5.41, 5.74) is 2.17. The van der Waals surface area contributed by atoms with Crippen molar-refractivity contribution in [2.75, 3.05) is 20.2 Å². The summed E-state index contributed by atoms with van der Waals surface area (Å²) >= 11 is 6.13. The zero-order valence-corrected chi connectivity index (χ0v) is 16.4. The number of rotatable bonds is 7. The highest BCUT2D eigenvalue weighted by Gasteiger charge is 2.24. The highest BCUT2D eigenvalue weighted by Crippen LogP contribution is 2.24. The Morgan fingerprint density at radius 2 is 2.00 bits per heavy atom. The molecule has 0 bridgehead atoms. The van der Waals surface area contributed by atoms with Gasteiger partial charge in [0.05, 0.1) is 13.2 Å². The Balaban J connectivity index is 0.00000243. The molecule has 3 rings (SSSR count). The largest absolute Gasteiger partial charge is 0.496 e. The van der Waals surface area contributed by atoms with Gasteiger partial charge in [0, 0.05) is 36.6 Å². The molecular formula is C20H24Cl2N2O2. The van der Waals surface area contributed by atoms with Crippen molar-refractivity contribution in [1.82, 2.24) is 10.2 Å². The van der Waals surface area contributed by atoms with E-state index in [4.69, 9.17) is 16.3 Å². The fourth-order valence-corrected chi connectivity index (χ4v) is 3.40. The van der Waals surface area contributed by atoms with Crippen molar-refractivity contribution < 1.29 is 9.53 Å². The molecule has 0 aliphatic carbocycles. The lowest BCUT2D eigenvalue weighted by Crippen LogP contribution is -2.35. The molecule has 0 aromatic heterocycles. The number of carbonyl (C=O) groups is 1. The molecular weight excluding hydrogens is 371 g/mol. The molecule has 1 amide bonds. The van der Waals surface area contributed by atoms with Crippen LogP contribution in [0.5, 0.6) is 5.75 Å². The SMILES string of the molecule is COc1ccc(Cl)cc1CNC(CN1CCCC1=O)c1ccccc1.Cl. The van der Waals surface area contributed by atoms with Crippen molar-refractivity contribution >= 4 is 29.9 Å². The molecule has 140 valence electrons. The van der Waals surface area contributed by atoms with E-state index in [2.05, 4.69) is 17.4 Å². The average molecular weight is 395 g/mol. The molecule has 1 N–H and O–H groups in total. The Bertz CT molecular complexity index is 725. The van der Waals surface area contributed by atoms with Gasteiger partial charge in [-0.3, -0.25) is 4.79 Å². The van der Waals surface area contributed by atoms with Crippen LogP contribution in [0, 0.1) is 0 Å². The summed E-state index contributed by atoms with van der Waals surface area (Å²) in [4.78, 5) is 14.0. The van der Waals surface area contributed by atoms with Gasteiger partial charge in [-0.25, -0.2) is 0 Å². The Kier molecular flexibility index (Phi) is 7.76. The van der Waals surface area contributed by atoms with Crippen molar-refractivity contribution in [2.24, 2.45) is 0 Å². The number of nitrogens with zero attached hydrogens (tertiary/aromatic N) is 1. The fraction of sp³-hybridized carbons (Fsp3) is 0.350. The van der Waals surface area contributed by atoms with E-state index in [0.29, 0.717) is 24.5 Å². The first-order chi connectivity index (χ1) is 12.2. The normalized spacial score (nSPS) is 14.8. The lowest BCUT2D eigenvalue weighted by molar-refractivity contribution is -0.128. The van der Waals surface area contributed by atoms with E-state index < -0.39 is 0 Å². The highest BCUT2D eigenvalue weighted by atomic mass is 35.5. The maximum Gasteiger partial charge on any atom is 0.222 e. The van der Waals surface area contributed by atoms with Crippen molar-refractivity contribution in [1.29, 1.82) is 0 Å². The first-order valence-electron chi connectivity index (χ1n) is 8.56. The zero-order chi connectivity index (χ0) is 17.6. The molecule has 2 aromatic rings. The molecule has 4 nitrogen and oxygen atoms in total. The van der Waals surface area contributed by atoms with Gasteiger partial charge in [0.15, 0.2) is 0 Å². The summed E-state index contributed by atoms with van der Waals surface area (Å²) in [6.45, 7) is 2.13. The van der Waals surface area contributed by atoms with Crippen LogP contribution in [0.2, 0.25) is 5.02 Å². The number of ether oxygens (including phenoxy) is 1. The molecule has 1 atom stereocenters. The number of nitrogens with one attached hydrogen (secondary N) is 1. The first kappa shape index (κ1) is 20.6. The van der Waals surface area contributed by atoms with Crippen LogP contribution >= 0.6 is 24.0 Å². The Labute approximate surface area is 165 Å². The predicted molar refractivity (Wildman–Crippen MR) is 107 cm³/mol. The quantitative estimate of drug-likeness (QED) is 0.763. The molecule has 6 heteroatoms. The number of halogens is 2. The van der Waals surface area contributed by atoms with E-state index >= 15 is 0 Å². The molecule has 1 fully saturated rings. The number of likely N-dealkylation sites (tertiary alicyclic amines) is 1. The molecule has 1 aliphatic heterocycles. The van der Waals surface area contributed by atoms with Gasteiger partial charge in [-0.2, -0.15) is 0 Å². The maximum atomic E-state index is 12.0. The Morgan fingerprint density at radius 1 is 1.23 bits per heavy atom. The summed E-state index contributed by atoms with van der Waals surface area (Å²) in [7, 11) is 1.66. The number of amides is 1. The Hall–Kier alpha value is -1.75. The van der Waals surface area contributed by atoms with E-state index in [-0.39, 0.29) is 24.4 Å². The van der Waals surface area contributed by atoms with Crippen LogP contribution in [-0.4, -0.2) is 31.0 Å². The Morgan fingerprint density at radius 3 is 2.65 bits per heavy atom. The number of hydrogen-bond acceptors (Lipinski definition) is 3. The van der Waals surface area contributed by atoms with E-state index in [1.807, 2.05) is 41.3 Å². The second-order valence-corrected chi connectivity index (χ2v) is 6.68. The second kappa shape index (κ2) is 9.81. The third kappa shape index (κ3) is 5.13. The molecule has 0 spiro atoms. The van der Waals surface area contributed by atoms with Gasteiger partial charge in [0.25, 0.3) is 0 Å². The standard InChI is InChI=1S/C20H23ClN2O2.ClH/c1-25-19-10-9-17(21)12-16(19)13-22-18(15-6-3-2-4-7-15)14-23-11-5-8-20(23)24;/h2-4,6-7,9-10,12,18,22H,5,8,11,13-14H2,1H3;1H. The van der Waals surface area contributed by atoms with Gasteiger partial charge in [-0.1, -0.05) is 41.9 Å². The first-order valence-corrected chi connectivity index (χ1v) is 8.93. The smallest absolute Gasteiger partial charge is 0.222 e. The summed E-state index contributed by atoms with van der Waals surface area (Å²) in [5.74, 6) is 1.05. The number of hydrogen-bond donors (Lipinski definition) is 1. The van der Waals surface area contributed by atoms with Gasteiger partial charge in [-0.15, -0.1) is 12.4 Å². The minimum atomic E-state index is 0. The third-order valence-corrected chi connectivity index (χ3v) is 4.79. The van der Waals surface area contributed by atoms with Crippen LogP contribution in [0.1, 0.15) is 30.0 Å². The van der Waals surface area contributed by atoms with Crippen LogP contribution < -0.4 is 10.1 Å². The zero-order valence-electron chi connectivity index (χ0n) is 14.8. The van der Waals surface area contributed by atoms with E-state index in [9.17, 15) is 4.79 Å². The minimum Gasteiger partial charge on any atom is -0.496 e. The van der Waals surface area contributed by atoms with Crippen LogP contribution in [0.4, 0.5) is 0 Å². The predicted octanol–water partition coefficient (Wildman–Crippen LogP) is 4.22. The van der Waals surface area contributed by atoms with E-state index in [0.717, 1.165) is 24.3 Å². The lowest BCUT2D eigenvalue weighted by atomic mass is 10.1. The van der Waals surface area contributed by atoms with Crippen molar-refractivity contribution in [2.45, 2.75) is 25.4 Å². The van der Waals surface area contributed by atoms with Crippen LogP contribution in [0.15, 0.2) is 48.5 Å². The molecule has 1 saturated heterocycles. The van der Waals surface area contributed by atoms with Gasteiger partial charge >= 0.3 is 0 Å². The lowest BCUT2D eigenvalue weighted by Gasteiger charge is -2.25. The summed E-state index contributed by atoms with van der Waals surface area (Å²) in [6.07, 6.45) is 1.60. The maximum absolute atomic E-state index is 12.0. The highest BCUT2D eigenvalue weighted by molar-refractivity contribution is 6.30. The fourth-order valence-electron chi connectivity index (χ4n) is 3.21. The number of methoxy groups -OCH3 is 1. The second-order valence-electron chi connectivity index (χ2n) is 6.24. The molecule has 2 aromatic carbocycles.